The average Bonchev–Trinajstić information content (AvgIpc) is 2.97. The van der Waals surface area contributed by atoms with Gasteiger partial charge in [-0.25, -0.2) is 0 Å². The summed E-state index contributed by atoms with van der Waals surface area (Å²) in [6, 6.07) is 0. The monoisotopic (exact) mass is 196 g/mol. The third-order valence-corrected chi connectivity index (χ3v) is 3.78. The maximum atomic E-state index is 6.35. The molecule has 0 atom stereocenters. The summed E-state index contributed by atoms with van der Waals surface area (Å²) in [5.74, 6) is 0.995. The van der Waals surface area contributed by atoms with Crippen molar-refractivity contribution in [2.45, 2.75) is 56.9 Å². The number of nitrogens with two attached hydrogens (primary N) is 1. The molecule has 0 aromatic carbocycles. The van der Waals surface area contributed by atoms with Crippen LogP contribution in [0.4, 0.5) is 0 Å². The zero-order valence-corrected chi connectivity index (χ0v) is 9.23. The van der Waals surface area contributed by atoms with E-state index in [2.05, 4.69) is 5.32 Å². The standard InChI is InChI=1S/C12H24N2/c13-12(6-2-1-3-7-12)8-9-14-10-11-4-5-11/h11,14H,1-10,13H2. The molecule has 3 N–H and O–H groups in total. The summed E-state index contributed by atoms with van der Waals surface area (Å²) >= 11 is 0. The van der Waals surface area contributed by atoms with Gasteiger partial charge in [-0.1, -0.05) is 19.3 Å². The van der Waals surface area contributed by atoms with Crippen molar-refractivity contribution in [2.75, 3.05) is 13.1 Å². The largest absolute Gasteiger partial charge is 0.325 e. The maximum Gasteiger partial charge on any atom is 0.0166 e. The Balaban J connectivity index is 1.57. The van der Waals surface area contributed by atoms with Crippen LogP contribution in [0.2, 0.25) is 0 Å². The molecule has 0 aliphatic heterocycles. The smallest absolute Gasteiger partial charge is 0.0166 e. The van der Waals surface area contributed by atoms with E-state index in [0.29, 0.717) is 0 Å². The Bertz CT molecular complexity index is 169. The van der Waals surface area contributed by atoms with E-state index in [4.69, 9.17) is 5.73 Å². The van der Waals surface area contributed by atoms with E-state index in [9.17, 15) is 0 Å². The molecular formula is C12H24N2. The fourth-order valence-electron chi connectivity index (χ4n) is 2.47. The molecule has 2 nitrogen and oxygen atoms in total. The lowest BCUT2D eigenvalue weighted by molar-refractivity contribution is 0.274. The number of hydrogen-bond donors (Lipinski definition) is 2. The second kappa shape index (κ2) is 4.63. The van der Waals surface area contributed by atoms with Gasteiger partial charge >= 0.3 is 0 Å². The molecule has 2 heteroatoms. The topological polar surface area (TPSA) is 38.0 Å². The molecule has 0 aromatic rings. The van der Waals surface area contributed by atoms with Crippen LogP contribution in [0.5, 0.6) is 0 Å². The van der Waals surface area contributed by atoms with Gasteiger partial charge in [-0.2, -0.15) is 0 Å². The molecule has 0 amide bonds. The van der Waals surface area contributed by atoms with Crippen LogP contribution in [0.1, 0.15) is 51.4 Å². The molecule has 0 heterocycles. The predicted molar refractivity (Wildman–Crippen MR) is 60.2 cm³/mol. The summed E-state index contributed by atoms with van der Waals surface area (Å²) < 4.78 is 0. The van der Waals surface area contributed by atoms with Crippen LogP contribution in [0.15, 0.2) is 0 Å². The van der Waals surface area contributed by atoms with E-state index in [1.165, 1.54) is 57.9 Å². The Morgan fingerprint density at radius 2 is 1.86 bits per heavy atom. The van der Waals surface area contributed by atoms with Crippen molar-refractivity contribution in [1.82, 2.24) is 5.32 Å². The fraction of sp³-hybridized carbons (Fsp3) is 1.00. The van der Waals surface area contributed by atoms with Crippen LogP contribution in [0, 0.1) is 5.92 Å². The molecule has 0 unspecified atom stereocenters. The van der Waals surface area contributed by atoms with Gasteiger partial charge in [0.1, 0.15) is 0 Å². The highest BCUT2D eigenvalue weighted by molar-refractivity contribution is 4.88. The first-order valence-corrected chi connectivity index (χ1v) is 6.28. The summed E-state index contributed by atoms with van der Waals surface area (Å²) in [4.78, 5) is 0. The normalized spacial score (nSPS) is 26.4. The van der Waals surface area contributed by atoms with Gasteiger partial charge < -0.3 is 11.1 Å². The Kier molecular flexibility index (Phi) is 3.45. The number of hydrogen-bond acceptors (Lipinski definition) is 2. The van der Waals surface area contributed by atoms with Crippen LogP contribution in [0.25, 0.3) is 0 Å². The summed E-state index contributed by atoms with van der Waals surface area (Å²) in [7, 11) is 0. The Labute approximate surface area is 87.6 Å². The third kappa shape index (κ3) is 3.25. The van der Waals surface area contributed by atoms with Crippen molar-refractivity contribution in [3.8, 4) is 0 Å². The van der Waals surface area contributed by atoms with E-state index in [1.807, 2.05) is 0 Å². The van der Waals surface area contributed by atoms with E-state index in [0.717, 1.165) is 12.5 Å². The molecule has 82 valence electrons. The molecule has 2 aliphatic rings. The Morgan fingerprint density at radius 3 is 2.50 bits per heavy atom. The Morgan fingerprint density at radius 1 is 1.14 bits per heavy atom. The van der Waals surface area contributed by atoms with Gasteiger partial charge in [0.2, 0.25) is 0 Å². The predicted octanol–water partition coefficient (Wildman–Crippen LogP) is 2.04. The zero-order chi connectivity index (χ0) is 9.86. The highest BCUT2D eigenvalue weighted by Crippen LogP contribution is 2.29. The van der Waals surface area contributed by atoms with Crippen molar-refractivity contribution < 1.29 is 0 Å². The average molecular weight is 196 g/mol. The van der Waals surface area contributed by atoms with Gasteiger partial charge in [0.25, 0.3) is 0 Å². The summed E-state index contributed by atoms with van der Waals surface area (Å²) in [6.45, 7) is 2.36. The molecule has 2 rings (SSSR count). The molecule has 2 fully saturated rings. The summed E-state index contributed by atoms with van der Waals surface area (Å²) in [5.41, 5.74) is 6.53. The molecule has 2 aliphatic carbocycles. The summed E-state index contributed by atoms with van der Waals surface area (Å²) in [5, 5.41) is 3.54. The van der Waals surface area contributed by atoms with Crippen LogP contribution in [-0.2, 0) is 0 Å². The second-order valence-electron chi connectivity index (χ2n) is 5.32. The van der Waals surface area contributed by atoms with Gasteiger partial charge in [-0.05, 0) is 51.1 Å². The van der Waals surface area contributed by atoms with Gasteiger partial charge in [-0.15, -0.1) is 0 Å². The van der Waals surface area contributed by atoms with E-state index >= 15 is 0 Å². The lowest BCUT2D eigenvalue weighted by Gasteiger charge is -2.33. The molecule has 0 bridgehead atoms. The van der Waals surface area contributed by atoms with Crippen molar-refractivity contribution in [2.24, 2.45) is 11.7 Å². The van der Waals surface area contributed by atoms with Crippen molar-refractivity contribution in [1.29, 1.82) is 0 Å². The van der Waals surface area contributed by atoms with Crippen molar-refractivity contribution in [3.05, 3.63) is 0 Å². The SMILES string of the molecule is NC1(CCNCC2CC2)CCCCC1. The quantitative estimate of drug-likeness (QED) is 0.660. The third-order valence-electron chi connectivity index (χ3n) is 3.78. The molecule has 0 aromatic heterocycles. The van der Waals surface area contributed by atoms with Gasteiger partial charge in [0.15, 0.2) is 0 Å². The van der Waals surface area contributed by atoms with Crippen LogP contribution in [-0.4, -0.2) is 18.6 Å². The minimum Gasteiger partial charge on any atom is -0.325 e. The van der Waals surface area contributed by atoms with Crippen LogP contribution in [0.3, 0.4) is 0 Å². The van der Waals surface area contributed by atoms with E-state index < -0.39 is 0 Å². The lowest BCUT2D eigenvalue weighted by atomic mass is 9.80. The fourth-order valence-corrected chi connectivity index (χ4v) is 2.47. The number of nitrogens with one attached hydrogen (secondary N) is 1. The second-order valence-corrected chi connectivity index (χ2v) is 5.32. The first-order chi connectivity index (χ1) is 6.79. The van der Waals surface area contributed by atoms with Crippen LogP contribution >= 0.6 is 0 Å². The van der Waals surface area contributed by atoms with Crippen molar-refractivity contribution in [3.63, 3.8) is 0 Å². The van der Waals surface area contributed by atoms with Gasteiger partial charge in [-0.3, -0.25) is 0 Å². The minimum atomic E-state index is 0.175. The highest BCUT2D eigenvalue weighted by Gasteiger charge is 2.27. The van der Waals surface area contributed by atoms with E-state index in [1.54, 1.807) is 0 Å². The van der Waals surface area contributed by atoms with Gasteiger partial charge in [0.05, 0.1) is 0 Å². The minimum absolute atomic E-state index is 0.175. The number of rotatable bonds is 5. The lowest BCUT2D eigenvalue weighted by Crippen LogP contribution is -2.44. The van der Waals surface area contributed by atoms with Gasteiger partial charge in [0, 0.05) is 5.54 Å². The summed E-state index contributed by atoms with van der Waals surface area (Å²) in [6.07, 6.45) is 10.7. The molecule has 0 radical (unpaired) electrons. The molecule has 0 spiro atoms. The molecular weight excluding hydrogens is 172 g/mol. The first kappa shape index (κ1) is 10.4. The highest BCUT2D eigenvalue weighted by atomic mass is 14.9. The van der Waals surface area contributed by atoms with Crippen molar-refractivity contribution >= 4 is 0 Å². The zero-order valence-electron chi connectivity index (χ0n) is 9.23. The van der Waals surface area contributed by atoms with E-state index in [-0.39, 0.29) is 5.54 Å². The van der Waals surface area contributed by atoms with Crippen LogP contribution < -0.4 is 11.1 Å². The molecule has 2 saturated carbocycles. The molecule has 14 heavy (non-hydrogen) atoms. The maximum absolute atomic E-state index is 6.35. The first-order valence-electron chi connectivity index (χ1n) is 6.28. The Hall–Kier alpha value is -0.0800. The molecule has 0 saturated heterocycles.